The molecule has 1 aliphatic rings. The SMILES string of the molecule is CC(C)(C)OC(=O)NC1CCCN(C(=O)O)C1CCO. The van der Waals surface area contributed by atoms with Crippen molar-refractivity contribution in [2.45, 2.75) is 57.7 Å². The van der Waals surface area contributed by atoms with E-state index in [2.05, 4.69) is 5.32 Å². The number of carbonyl (C=O) groups is 2. The van der Waals surface area contributed by atoms with E-state index in [0.717, 1.165) is 0 Å². The monoisotopic (exact) mass is 288 g/mol. The molecule has 7 nitrogen and oxygen atoms in total. The smallest absolute Gasteiger partial charge is 0.407 e. The van der Waals surface area contributed by atoms with Crippen molar-refractivity contribution in [3.8, 4) is 0 Å². The first-order chi connectivity index (χ1) is 9.24. The molecule has 3 N–H and O–H groups in total. The molecule has 1 fully saturated rings. The number of carboxylic acid groups (broad SMARTS) is 1. The number of alkyl carbamates (subject to hydrolysis) is 1. The highest BCUT2D eigenvalue weighted by Gasteiger charge is 2.35. The summed E-state index contributed by atoms with van der Waals surface area (Å²) < 4.78 is 5.18. The number of piperidine rings is 1. The van der Waals surface area contributed by atoms with E-state index in [1.54, 1.807) is 20.8 Å². The van der Waals surface area contributed by atoms with E-state index in [4.69, 9.17) is 9.84 Å². The summed E-state index contributed by atoms with van der Waals surface area (Å²) in [6, 6.07) is -0.749. The summed E-state index contributed by atoms with van der Waals surface area (Å²) in [5.74, 6) is 0. The van der Waals surface area contributed by atoms with Gasteiger partial charge in [0.2, 0.25) is 0 Å². The van der Waals surface area contributed by atoms with Crippen LogP contribution in [0.5, 0.6) is 0 Å². The summed E-state index contributed by atoms with van der Waals surface area (Å²) in [6.07, 6.45) is 0.0617. The molecule has 0 aromatic heterocycles. The minimum atomic E-state index is -1.03. The van der Waals surface area contributed by atoms with Crippen LogP contribution in [-0.2, 0) is 4.74 Å². The largest absolute Gasteiger partial charge is 0.465 e. The van der Waals surface area contributed by atoms with E-state index in [0.29, 0.717) is 25.8 Å². The zero-order valence-corrected chi connectivity index (χ0v) is 12.3. The lowest BCUT2D eigenvalue weighted by molar-refractivity contribution is 0.0378. The Morgan fingerprint density at radius 2 is 2.05 bits per heavy atom. The fraction of sp³-hybridized carbons (Fsp3) is 0.846. The third kappa shape index (κ3) is 4.88. The van der Waals surface area contributed by atoms with Gasteiger partial charge in [-0.15, -0.1) is 0 Å². The first-order valence-corrected chi connectivity index (χ1v) is 6.84. The second-order valence-electron chi connectivity index (χ2n) is 5.95. The van der Waals surface area contributed by atoms with Gasteiger partial charge < -0.3 is 25.2 Å². The Hall–Kier alpha value is -1.50. The van der Waals surface area contributed by atoms with Crippen LogP contribution in [0.2, 0.25) is 0 Å². The fourth-order valence-corrected chi connectivity index (χ4v) is 2.41. The molecule has 20 heavy (non-hydrogen) atoms. The number of amides is 2. The van der Waals surface area contributed by atoms with E-state index in [1.807, 2.05) is 0 Å². The van der Waals surface area contributed by atoms with Crippen molar-refractivity contribution in [3.05, 3.63) is 0 Å². The molecule has 1 rings (SSSR count). The van der Waals surface area contributed by atoms with E-state index in [9.17, 15) is 14.7 Å². The first-order valence-electron chi connectivity index (χ1n) is 6.84. The molecule has 2 unspecified atom stereocenters. The average molecular weight is 288 g/mol. The standard InChI is InChI=1S/C13H24N2O5/c1-13(2,3)20-11(17)14-9-5-4-7-15(12(18)19)10(9)6-8-16/h9-10,16H,4-8H2,1-3H3,(H,14,17)(H,18,19). The Labute approximate surface area is 118 Å². The first kappa shape index (κ1) is 16.6. The summed E-state index contributed by atoms with van der Waals surface area (Å²) in [5.41, 5.74) is -0.599. The number of likely N-dealkylation sites (tertiary alicyclic amines) is 1. The molecule has 1 saturated heterocycles. The minimum absolute atomic E-state index is 0.124. The molecule has 0 saturated carbocycles. The Balaban J connectivity index is 2.70. The molecule has 0 aromatic carbocycles. The van der Waals surface area contributed by atoms with Crippen molar-refractivity contribution in [1.29, 1.82) is 0 Å². The molecule has 1 aliphatic heterocycles. The number of hydrogen-bond acceptors (Lipinski definition) is 4. The summed E-state index contributed by atoms with van der Waals surface area (Å²) in [4.78, 5) is 24.3. The second kappa shape index (κ2) is 6.78. The van der Waals surface area contributed by atoms with Gasteiger partial charge in [-0.25, -0.2) is 9.59 Å². The molecular weight excluding hydrogens is 264 g/mol. The van der Waals surface area contributed by atoms with Crippen LogP contribution >= 0.6 is 0 Å². The lowest BCUT2D eigenvalue weighted by Crippen LogP contribution is -2.57. The van der Waals surface area contributed by atoms with Crippen molar-refractivity contribution in [1.82, 2.24) is 10.2 Å². The maximum atomic E-state index is 11.8. The molecule has 0 aromatic rings. The van der Waals surface area contributed by atoms with Gasteiger partial charge >= 0.3 is 12.2 Å². The van der Waals surface area contributed by atoms with Crippen LogP contribution in [0.1, 0.15) is 40.0 Å². The number of nitrogens with one attached hydrogen (secondary N) is 1. The number of carbonyl (C=O) groups excluding carboxylic acids is 1. The average Bonchev–Trinajstić information content (AvgIpc) is 2.28. The fourth-order valence-electron chi connectivity index (χ4n) is 2.41. The molecular formula is C13H24N2O5. The van der Waals surface area contributed by atoms with E-state index in [1.165, 1.54) is 4.90 Å². The maximum absolute atomic E-state index is 11.8. The van der Waals surface area contributed by atoms with Crippen molar-refractivity contribution >= 4 is 12.2 Å². The Kier molecular flexibility index (Phi) is 5.62. The quantitative estimate of drug-likeness (QED) is 0.729. The number of rotatable bonds is 3. The predicted octanol–water partition coefficient (Wildman–Crippen LogP) is 1.40. The van der Waals surface area contributed by atoms with Crippen LogP contribution in [-0.4, -0.2) is 58.1 Å². The maximum Gasteiger partial charge on any atom is 0.407 e. The number of aliphatic hydroxyl groups excluding tert-OH is 1. The van der Waals surface area contributed by atoms with Gasteiger partial charge in [0.15, 0.2) is 0 Å². The molecule has 116 valence electrons. The van der Waals surface area contributed by atoms with Gasteiger partial charge in [-0.05, 0) is 40.0 Å². The summed E-state index contributed by atoms with van der Waals surface area (Å²) in [6.45, 7) is 5.60. The topological polar surface area (TPSA) is 99.1 Å². The normalized spacial score (nSPS) is 23.3. The highest BCUT2D eigenvalue weighted by molar-refractivity contribution is 5.69. The molecule has 2 amide bonds. The van der Waals surface area contributed by atoms with Crippen LogP contribution in [0.15, 0.2) is 0 Å². The van der Waals surface area contributed by atoms with Gasteiger partial charge in [-0.2, -0.15) is 0 Å². The number of aliphatic hydroxyl groups is 1. The van der Waals surface area contributed by atoms with Gasteiger partial charge in [0.05, 0.1) is 12.1 Å². The zero-order valence-electron chi connectivity index (χ0n) is 12.3. The highest BCUT2D eigenvalue weighted by Crippen LogP contribution is 2.21. The second-order valence-corrected chi connectivity index (χ2v) is 5.95. The van der Waals surface area contributed by atoms with Gasteiger partial charge in [0.1, 0.15) is 5.60 Å². The zero-order chi connectivity index (χ0) is 15.3. The number of ether oxygens (including phenoxy) is 1. The van der Waals surface area contributed by atoms with E-state index >= 15 is 0 Å². The molecule has 0 bridgehead atoms. The molecule has 2 atom stereocenters. The van der Waals surface area contributed by atoms with Gasteiger partial charge in [0.25, 0.3) is 0 Å². The lowest BCUT2D eigenvalue weighted by Gasteiger charge is -2.39. The molecule has 0 radical (unpaired) electrons. The van der Waals surface area contributed by atoms with Crippen LogP contribution < -0.4 is 5.32 Å². The van der Waals surface area contributed by atoms with Crippen molar-refractivity contribution in [2.24, 2.45) is 0 Å². The van der Waals surface area contributed by atoms with Gasteiger partial charge in [0, 0.05) is 13.2 Å². The predicted molar refractivity (Wildman–Crippen MR) is 72.6 cm³/mol. The van der Waals surface area contributed by atoms with E-state index in [-0.39, 0.29) is 12.6 Å². The van der Waals surface area contributed by atoms with Gasteiger partial charge in [-0.1, -0.05) is 0 Å². The molecule has 0 spiro atoms. The Bertz CT molecular complexity index is 353. The molecule has 0 aliphatic carbocycles. The lowest BCUT2D eigenvalue weighted by atomic mass is 9.94. The molecule has 1 heterocycles. The Morgan fingerprint density at radius 3 is 2.55 bits per heavy atom. The van der Waals surface area contributed by atoms with Crippen molar-refractivity contribution in [2.75, 3.05) is 13.2 Å². The van der Waals surface area contributed by atoms with Crippen molar-refractivity contribution < 1.29 is 24.5 Å². The summed E-state index contributed by atoms with van der Waals surface area (Å²) >= 11 is 0. The number of hydrogen-bond donors (Lipinski definition) is 3. The molecule has 7 heteroatoms. The van der Waals surface area contributed by atoms with Crippen molar-refractivity contribution in [3.63, 3.8) is 0 Å². The minimum Gasteiger partial charge on any atom is -0.465 e. The van der Waals surface area contributed by atoms with Crippen LogP contribution in [0.4, 0.5) is 9.59 Å². The third-order valence-electron chi connectivity index (χ3n) is 3.15. The Morgan fingerprint density at radius 1 is 1.40 bits per heavy atom. The third-order valence-corrected chi connectivity index (χ3v) is 3.15. The van der Waals surface area contributed by atoms with Crippen LogP contribution in [0.3, 0.4) is 0 Å². The number of nitrogens with zero attached hydrogens (tertiary/aromatic N) is 1. The summed E-state index contributed by atoms with van der Waals surface area (Å²) in [7, 11) is 0. The van der Waals surface area contributed by atoms with Crippen LogP contribution in [0.25, 0.3) is 0 Å². The van der Waals surface area contributed by atoms with Crippen LogP contribution in [0, 0.1) is 0 Å². The van der Waals surface area contributed by atoms with Gasteiger partial charge in [-0.3, -0.25) is 0 Å². The summed E-state index contributed by atoms with van der Waals surface area (Å²) in [5, 5.41) is 21.0. The van der Waals surface area contributed by atoms with E-state index < -0.39 is 23.8 Å². The highest BCUT2D eigenvalue weighted by atomic mass is 16.6.